The average molecular weight is 346 g/mol. The van der Waals surface area contributed by atoms with Crippen LogP contribution in [-0.2, 0) is 6.18 Å². The minimum absolute atomic E-state index is 0.144. The van der Waals surface area contributed by atoms with Crippen molar-refractivity contribution in [2.24, 2.45) is 5.10 Å². The Morgan fingerprint density at radius 2 is 1.80 bits per heavy atom. The number of rotatable bonds is 3. The largest absolute Gasteiger partial charge is 0.451 e. The molecule has 0 spiro atoms. The number of aryl methyl sites for hydroxylation is 1. The molecular weight excluding hydrogens is 333 g/mol. The summed E-state index contributed by atoms with van der Waals surface area (Å²) in [7, 11) is 0. The molecule has 0 atom stereocenters. The topological polar surface area (TPSA) is 54.6 Å². The predicted molar refractivity (Wildman–Crippen MR) is 87.5 cm³/mol. The lowest BCUT2D eigenvalue weighted by Crippen LogP contribution is -2.17. The Morgan fingerprint density at radius 3 is 2.44 bits per heavy atom. The zero-order valence-corrected chi connectivity index (χ0v) is 13.1. The first-order chi connectivity index (χ1) is 11.9. The van der Waals surface area contributed by atoms with Crippen molar-refractivity contribution in [1.29, 1.82) is 0 Å². The van der Waals surface area contributed by atoms with Gasteiger partial charge < -0.3 is 4.42 Å². The van der Waals surface area contributed by atoms with Crippen LogP contribution < -0.4 is 5.43 Å². The summed E-state index contributed by atoms with van der Waals surface area (Å²) in [6.07, 6.45) is -3.13. The molecule has 0 aliphatic rings. The van der Waals surface area contributed by atoms with Gasteiger partial charge in [-0.25, -0.2) is 5.43 Å². The Kier molecular flexibility index (Phi) is 4.31. The fourth-order valence-corrected chi connectivity index (χ4v) is 2.37. The number of fused-ring (bicyclic) bond motifs is 1. The van der Waals surface area contributed by atoms with E-state index in [1.54, 1.807) is 19.1 Å². The molecule has 2 aromatic carbocycles. The van der Waals surface area contributed by atoms with E-state index in [0.29, 0.717) is 16.7 Å². The Balaban J connectivity index is 1.71. The monoisotopic (exact) mass is 346 g/mol. The summed E-state index contributed by atoms with van der Waals surface area (Å²) in [6.45, 7) is 1.76. The molecule has 1 heterocycles. The van der Waals surface area contributed by atoms with Crippen LogP contribution >= 0.6 is 0 Å². The second kappa shape index (κ2) is 6.43. The van der Waals surface area contributed by atoms with Crippen molar-refractivity contribution in [3.63, 3.8) is 0 Å². The van der Waals surface area contributed by atoms with E-state index in [9.17, 15) is 18.0 Å². The van der Waals surface area contributed by atoms with E-state index in [4.69, 9.17) is 4.42 Å². The fourth-order valence-electron chi connectivity index (χ4n) is 2.37. The highest BCUT2D eigenvalue weighted by atomic mass is 19.4. The van der Waals surface area contributed by atoms with Gasteiger partial charge in [-0.1, -0.05) is 30.3 Å². The van der Waals surface area contributed by atoms with Crippen molar-refractivity contribution >= 4 is 23.1 Å². The van der Waals surface area contributed by atoms with E-state index in [2.05, 4.69) is 10.5 Å². The molecule has 3 aromatic rings. The molecule has 0 aliphatic carbocycles. The molecule has 0 aliphatic heterocycles. The summed E-state index contributed by atoms with van der Waals surface area (Å²) in [4.78, 5) is 12.1. The Morgan fingerprint density at radius 1 is 1.12 bits per heavy atom. The SMILES string of the molecule is Cc1c(C(=O)N/N=C\c2ccc(C(F)(F)F)cc2)oc2ccccc12. The van der Waals surface area contributed by atoms with Gasteiger partial charge in [0.15, 0.2) is 5.76 Å². The van der Waals surface area contributed by atoms with Gasteiger partial charge in [0, 0.05) is 10.9 Å². The maximum atomic E-state index is 12.5. The molecule has 0 unspecified atom stereocenters. The van der Waals surface area contributed by atoms with Crippen LogP contribution in [0.25, 0.3) is 11.0 Å². The number of carbonyl (C=O) groups excluding carboxylic acids is 1. The van der Waals surface area contributed by atoms with E-state index >= 15 is 0 Å². The summed E-state index contributed by atoms with van der Waals surface area (Å²) in [5, 5.41) is 4.59. The van der Waals surface area contributed by atoms with Crippen LogP contribution in [0, 0.1) is 6.92 Å². The first-order valence-electron chi connectivity index (χ1n) is 7.35. The molecule has 1 aromatic heterocycles. The summed E-state index contributed by atoms with van der Waals surface area (Å²) in [5.41, 5.74) is 3.28. The molecule has 1 N–H and O–H groups in total. The van der Waals surface area contributed by atoms with Gasteiger partial charge in [-0.2, -0.15) is 18.3 Å². The molecule has 128 valence electrons. The molecule has 25 heavy (non-hydrogen) atoms. The average Bonchev–Trinajstić information content (AvgIpc) is 2.92. The summed E-state index contributed by atoms with van der Waals surface area (Å²) in [6, 6.07) is 11.7. The maximum Gasteiger partial charge on any atom is 0.416 e. The predicted octanol–water partition coefficient (Wildman–Crippen LogP) is 4.52. The maximum absolute atomic E-state index is 12.5. The van der Waals surface area contributed by atoms with Gasteiger partial charge in [0.05, 0.1) is 11.8 Å². The van der Waals surface area contributed by atoms with Crippen LogP contribution in [-0.4, -0.2) is 12.1 Å². The number of benzene rings is 2. The van der Waals surface area contributed by atoms with E-state index in [0.717, 1.165) is 17.5 Å². The number of nitrogens with zero attached hydrogens (tertiary/aromatic N) is 1. The first-order valence-corrected chi connectivity index (χ1v) is 7.35. The van der Waals surface area contributed by atoms with Crippen LogP contribution in [0.5, 0.6) is 0 Å². The van der Waals surface area contributed by atoms with Crippen molar-refractivity contribution in [1.82, 2.24) is 5.43 Å². The second-order valence-corrected chi connectivity index (χ2v) is 5.37. The van der Waals surface area contributed by atoms with Crippen LogP contribution in [0.3, 0.4) is 0 Å². The number of alkyl halides is 3. The molecule has 4 nitrogen and oxygen atoms in total. The van der Waals surface area contributed by atoms with E-state index < -0.39 is 17.6 Å². The molecule has 0 saturated heterocycles. The van der Waals surface area contributed by atoms with Gasteiger partial charge in [0.25, 0.3) is 0 Å². The summed E-state index contributed by atoms with van der Waals surface area (Å²) < 4.78 is 43.0. The normalized spacial score (nSPS) is 12.0. The van der Waals surface area contributed by atoms with Crippen LogP contribution in [0.2, 0.25) is 0 Å². The summed E-state index contributed by atoms with van der Waals surface area (Å²) in [5.74, 6) is -0.386. The van der Waals surface area contributed by atoms with Crippen LogP contribution in [0.1, 0.15) is 27.2 Å². The van der Waals surface area contributed by atoms with Gasteiger partial charge in [0.1, 0.15) is 5.58 Å². The Labute approximate surface area is 140 Å². The highest BCUT2D eigenvalue weighted by Crippen LogP contribution is 2.29. The standard InChI is InChI=1S/C18H13F3N2O2/c1-11-14-4-2-3-5-15(14)25-16(11)17(24)23-22-10-12-6-8-13(9-7-12)18(19,20)21/h2-10H,1H3,(H,23,24)/b22-10-. The number of halogens is 3. The summed E-state index contributed by atoms with van der Waals surface area (Å²) >= 11 is 0. The van der Waals surface area contributed by atoms with E-state index in [1.807, 2.05) is 12.1 Å². The third-order valence-corrected chi connectivity index (χ3v) is 3.67. The quantitative estimate of drug-likeness (QED) is 0.560. The molecule has 0 radical (unpaired) electrons. The van der Waals surface area contributed by atoms with Gasteiger partial charge in [-0.3, -0.25) is 4.79 Å². The van der Waals surface area contributed by atoms with Gasteiger partial charge in [-0.15, -0.1) is 0 Å². The molecule has 0 fully saturated rings. The number of hydrogen-bond acceptors (Lipinski definition) is 3. The molecule has 0 bridgehead atoms. The van der Waals surface area contributed by atoms with Crippen molar-refractivity contribution in [2.45, 2.75) is 13.1 Å². The highest BCUT2D eigenvalue weighted by molar-refractivity contribution is 5.99. The number of carbonyl (C=O) groups is 1. The Hall–Kier alpha value is -3.09. The second-order valence-electron chi connectivity index (χ2n) is 5.37. The van der Waals surface area contributed by atoms with Gasteiger partial charge >= 0.3 is 12.1 Å². The molecule has 3 rings (SSSR count). The van der Waals surface area contributed by atoms with Crippen LogP contribution in [0.4, 0.5) is 13.2 Å². The van der Waals surface area contributed by atoms with E-state index in [-0.39, 0.29) is 5.76 Å². The Bertz CT molecular complexity index is 941. The third-order valence-electron chi connectivity index (χ3n) is 3.67. The minimum atomic E-state index is -4.39. The number of nitrogens with one attached hydrogen (secondary N) is 1. The minimum Gasteiger partial charge on any atom is -0.451 e. The third kappa shape index (κ3) is 3.55. The van der Waals surface area contributed by atoms with Crippen molar-refractivity contribution in [2.75, 3.05) is 0 Å². The number of hydrogen-bond donors (Lipinski definition) is 1. The lowest BCUT2D eigenvalue weighted by Gasteiger charge is -2.05. The molecule has 0 saturated carbocycles. The first kappa shape index (κ1) is 16.8. The lowest BCUT2D eigenvalue weighted by molar-refractivity contribution is -0.137. The molecule has 1 amide bonds. The number of furan rings is 1. The number of amides is 1. The zero-order valence-electron chi connectivity index (χ0n) is 13.1. The smallest absolute Gasteiger partial charge is 0.416 e. The molecule has 7 heteroatoms. The number of hydrazone groups is 1. The van der Waals surface area contributed by atoms with Crippen molar-refractivity contribution < 1.29 is 22.4 Å². The molecular formula is C18H13F3N2O2. The highest BCUT2D eigenvalue weighted by Gasteiger charge is 2.29. The zero-order chi connectivity index (χ0) is 18.0. The fraction of sp³-hybridized carbons (Fsp3) is 0.111. The van der Waals surface area contributed by atoms with Crippen molar-refractivity contribution in [3.05, 3.63) is 71.0 Å². The lowest BCUT2D eigenvalue weighted by atomic mass is 10.1. The van der Waals surface area contributed by atoms with Gasteiger partial charge in [0.2, 0.25) is 0 Å². The van der Waals surface area contributed by atoms with Gasteiger partial charge in [-0.05, 0) is 30.7 Å². The van der Waals surface area contributed by atoms with Crippen LogP contribution in [0.15, 0.2) is 58.0 Å². The number of para-hydroxylation sites is 1. The van der Waals surface area contributed by atoms with Crippen molar-refractivity contribution in [3.8, 4) is 0 Å². The van der Waals surface area contributed by atoms with E-state index in [1.165, 1.54) is 18.3 Å².